The van der Waals surface area contributed by atoms with Gasteiger partial charge in [-0.1, -0.05) is 115 Å². The average molecular weight is 745 g/mol. The largest absolute Gasteiger partial charge is 0.491 e. The first-order chi connectivity index (χ1) is 25.9. The van der Waals surface area contributed by atoms with Crippen LogP contribution in [0.5, 0.6) is 5.75 Å². The van der Waals surface area contributed by atoms with Crippen LogP contribution in [0.15, 0.2) is 121 Å². The second-order valence-corrected chi connectivity index (χ2v) is 13.1. The Hall–Kier alpha value is -4.19. The van der Waals surface area contributed by atoms with E-state index in [-0.39, 0.29) is 44.2 Å². The summed E-state index contributed by atoms with van der Waals surface area (Å²) in [4.78, 5) is 0. The average Bonchev–Trinajstić information content (AvgIpc) is 3.20. The number of rotatable bonds is 16. The fourth-order valence-electron chi connectivity index (χ4n) is 6.60. The summed E-state index contributed by atoms with van der Waals surface area (Å²) in [6.45, 7) is 2.04. The van der Waals surface area contributed by atoms with Crippen molar-refractivity contribution in [3.63, 3.8) is 0 Å². The van der Waals surface area contributed by atoms with Crippen LogP contribution in [0.25, 0.3) is 0 Å². The van der Waals surface area contributed by atoms with Gasteiger partial charge in [-0.3, -0.25) is 0 Å². The lowest BCUT2D eigenvalue weighted by Crippen LogP contribution is -2.66. The molecule has 5 aromatic carbocycles. The van der Waals surface area contributed by atoms with E-state index < -0.39 is 48.4 Å². The third-order valence-electron chi connectivity index (χ3n) is 9.27. The molecule has 1 heterocycles. The molecule has 1 fully saturated rings. The zero-order chi connectivity index (χ0) is 37.2. The van der Waals surface area contributed by atoms with Gasteiger partial charge in [0.05, 0.1) is 33.0 Å². The summed E-state index contributed by atoms with van der Waals surface area (Å²) >= 11 is 6.71. The molecule has 10 heteroatoms. The van der Waals surface area contributed by atoms with Gasteiger partial charge in [0.15, 0.2) is 11.6 Å². The molecule has 0 radical (unpaired) electrons. The highest BCUT2D eigenvalue weighted by atomic mass is 35.5. The number of aliphatic hydroxyl groups excluding tert-OH is 1. The van der Waals surface area contributed by atoms with Crippen molar-refractivity contribution in [1.82, 2.24) is 0 Å². The Balaban J connectivity index is 1.42. The lowest BCUT2D eigenvalue weighted by molar-refractivity contribution is -0.384. The third-order valence-corrected chi connectivity index (χ3v) is 9.64. The number of benzene rings is 5. The highest BCUT2D eigenvalue weighted by molar-refractivity contribution is 6.31. The summed E-state index contributed by atoms with van der Waals surface area (Å²) < 4.78 is 68.6. The molecule has 5 aromatic rings. The Labute approximate surface area is 314 Å². The monoisotopic (exact) mass is 744 g/mol. The summed E-state index contributed by atoms with van der Waals surface area (Å²) in [5.74, 6) is -3.94. The van der Waals surface area contributed by atoms with E-state index in [2.05, 4.69) is 0 Å². The zero-order valence-electron chi connectivity index (χ0n) is 29.6. The Kier molecular flexibility index (Phi) is 13.3. The second-order valence-electron chi connectivity index (χ2n) is 12.7. The SMILES string of the molecule is CCOc1ccc(Cc2cc([C@]3(OC)O[C@H](CO)[C@@H](OCc4ccccc4)C(OCc4ccccc4)[C@H]3OCc3ccccc3)ccc2Cl)c(F)c1F. The van der Waals surface area contributed by atoms with Crippen molar-refractivity contribution in [2.24, 2.45) is 0 Å². The predicted molar refractivity (Wildman–Crippen MR) is 197 cm³/mol. The van der Waals surface area contributed by atoms with Crippen LogP contribution in [0.2, 0.25) is 5.02 Å². The lowest BCUT2D eigenvalue weighted by atomic mass is 9.86. The van der Waals surface area contributed by atoms with Crippen molar-refractivity contribution >= 4 is 11.6 Å². The minimum atomic E-state index is -1.68. The van der Waals surface area contributed by atoms with E-state index in [0.29, 0.717) is 16.1 Å². The van der Waals surface area contributed by atoms with Crippen LogP contribution in [0.4, 0.5) is 8.78 Å². The lowest BCUT2D eigenvalue weighted by Gasteiger charge is -2.52. The predicted octanol–water partition coefficient (Wildman–Crippen LogP) is 8.55. The quantitative estimate of drug-likeness (QED) is 0.109. The molecule has 278 valence electrons. The maximum Gasteiger partial charge on any atom is 0.225 e. The molecule has 1 saturated heterocycles. The first kappa shape index (κ1) is 38.5. The number of hydrogen-bond donors (Lipinski definition) is 1. The topological polar surface area (TPSA) is 75.6 Å². The third kappa shape index (κ3) is 8.96. The number of hydrogen-bond acceptors (Lipinski definition) is 7. The Morgan fingerprint density at radius 1 is 0.698 bits per heavy atom. The van der Waals surface area contributed by atoms with Gasteiger partial charge in [-0.2, -0.15) is 4.39 Å². The van der Waals surface area contributed by atoms with Crippen molar-refractivity contribution in [3.05, 3.63) is 171 Å². The van der Waals surface area contributed by atoms with Gasteiger partial charge in [0.25, 0.3) is 0 Å². The number of halogens is 3. The molecule has 0 aromatic heterocycles. The van der Waals surface area contributed by atoms with Gasteiger partial charge >= 0.3 is 0 Å². The molecule has 0 saturated carbocycles. The highest BCUT2D eigenvalue weighted by Crippen LogP contribution is 2.44. The van der Waals surface area contributed by atoms with E-state index in [9.17, 15) is 9.50 Å². The van der Waals surface area contributed by atoms with Gasteiger partial charge in [-0.05, 0) is 52.9 Å². The minimum Gasteiger partial charge on any atom is -0.491 e. The highest BCUT2D eigenvalue weighted by Gasteiger charge is 2.58. The first-order valence-corrected chi connectivity index (χ1v) is 17.9. The molecule has 0 bridgehead atoms. The molecule has 5 atom stereocenters. The van der Waals surface area contributed by atoms with Crippen LogP contribution in [-0.2, 0) is 55.7 Å². The van der Waals surface area contributed by atoms with E-state index in [4.69, 9.17) is 40.0 Å². The summed E-state index contributed by atoms with van der Waals surface area (Å²) in [6.07, 6.45) is -3.61. The van der Waals surface area contributed by atoms with Crippen LogP contribution in [0.3, 0.4) is 0 Å². The van der Waals surface area contributed by atoms with Gasteiger partial charge < -0.3 is 33.5 Å². The van der Waals surface area contributed by atoms with Crippen LogP contribution >= 0.6 is 11.6 Å². The smallest absolute Gasteiger partial charge is 0.225 e. The van der Waals surface area contributed by atoms with Gasteiger partial charge in [-0.25, -0.2) is 4.39 Å². The molecule has 1 aliphatic heterocycles. The fraction of sp³-hybridized carbons (Fsp3) is 0.302. The molecule has 0 aliphatic carbocycles. The van der Waals surface area contributed by atoms with E-state index in [1.165, 1.54) is 19.2 Å². The van der Waals surface area contributed by atoms with Crippen molar-refractivity contribution in [1.29, 1.82) is 0 Å². The maximum absolute atomic E-state index is 15.3. The molecule has 53 heavy (non-hydrogen) atoms. The molecule has 6 rings (SSSR count). The summed E-state index contributed by atoms with van der Waals surface area (Å²) in [7, 11) is 1.49. The summed E-state index contributed by atoms with van der Waals surface area (Å²) in [6, 6.07) is 37.0. The summed E-state index contributed by atoms with van der Waals surface area (Å²) in [5.41, 5.74) is 3.79. The van der Waals surface area contributed by atoms with Crippen LogP contribution in [-0.4, -0.2) is 49.8 Å². The number of aliphatic hydroxyl groups is 1. The normalized spacial score (nSPS) is 21.4. The maximum atomic E-state index is 15.3. The van der Waals surface area contributed by atoms with Crippen LogP contribution in [0, 0.1) is 11.6 Å². The van der Waals surface area contributed by atoms with Crippen molar-refractivity contribution in [2.45, 2.75) is 63.4 Å². The molecule has 1 unspecified atom stereocenters. The van der Waals surface area contributed by atoms with E-state index >= 15 is 4.39 Å². The van der Waals surface area contributed by atoms with Gasteiger partial charge in [0.2, 0.25) is 11.6 Å². The second kappa shape index (κ2) is 18.2. The Bertz CT molecular complexity index is 1900. The molecule has 0 amide bonds. The molecular formula is C43H43ClF2O7. The number of ether oxygens (including phenoxy) is 6. The molecule has 0 spiro atoms. The first-order valence-electron chi connectivity index (χ1n) is 17.6. The number of methoxy groups -OCH3 is 1. The standard InChI is InChI=1S/C43H43ClF2O7/c1-3-49-36-22-19-32(38(45)39(36)46)23-33-24-34(20-21-35(33)44)43(48-2)42(52-28-31-17-11-6-12-18-31)41(51-27-30-15-9-5-10-16-30)40(37(25-47)53-43)50-26-29-13-7-4-8-14-29/h4-22,24,37,40-42,47H,3,23,25-28H2,1-2H3/t37-,40-,41?,42-,43+/m1/s1. The van der Waals surface area contributed by atoms with Crippen LogP contribution in [0.1, 0.15) is 40.3 Å². The molecule has 1 aliphatic rings. The zero-order valence-corrected chi connectivity index (χ0v) is 30.4. The van der Waals surface area contributed by atoms with Crippen molar-refractivity contribution in [2.75, 3.05) is 20.3 Å². The molecule has 1 N–H and O–H groups in total. The molecular weight excluding hydrogens is 702 g/mol. The van der Waals surface area contributed by atoms with Gasteiger partial charge in [-0.15, -0.1) is 0 Å². The summed E-state index contributed by atoms with van der Waals surface area (Å²) in [5, 5.41) is 11.2. The van der Waals surface area contributed by atoms with Gasteiger partial charge in [0.1, 0.15) is 24.4 Å². The van der Waals surface area contributed by atoms with Crippen LogP contribution < -0.4 is 4.74 Å². The minimum absolute atomic E-state index is 0.0443. The van der Waals surface area contributed by atoms with Crippen molar-refractivity contribution in [3.8, 4) is 5.75 Å². The molecule has 7 nitrogen and oxygen atoms in total. The van der Waals surface area contributed by atoms with E-state index in [1.54, 1.807) is 25.1 Å². The van der Waals surface area contributed by atoms with Crippen molar-refractivity contribution < 1.29 is 42.3 Å². The fourth-order valence-corrected chi connectivity index (χ4v) is 6.79. The Morgan fingerprint density at radius 2 is 1.26 bits per heavy atom. The van der Waals surface area contributed by atoms with E-state index in [0.717, 1.165) is 16.7 Å². The van der Waals surface area contributed by atoms with Gasteiger partial charge in [0, 0.05) is 24.1 Å². The van der Waals surface area contributed by atoms with E-state index in [1.807, 2.05) is 91.0 Å². The Morgan fingerprint density at radius 3 is 1.81 bits per heavy atom.